The van der Waals surface area contributed by atoms with E-state index in [4.69, 9.17) is 9.47 Å². The van der Waals surface area contributed by atoms with Gasteiger partial charge in [-0.25, -0.2) is 9.82 Å². The van der Waals surface area contributed by atoms with Crippen molar-refractivity contribution < 1.29 is 28.2 Å². The summed E-state index contributed by atoms with van der Waals surface area (Å²) in [5, 5.41) is 8.72. The molecule has 186 valence electrons. The fraction of sp³-hybridized carbons (Fsp3) is 0.154. The van der Waals surface area contributed by atoms with E-state index < -0.39 is 17.6 Å². The van der Waals surface area contributed by atoms with Gasteiger partial charge in [-0.3, -0.25) is 14.4 Å². The highest BCUT2D eigenvalue weighted by Gasteiger charge is 2.15. The van der Waals surface area contributed by atoms with E-state index in [0.29, 0.717) is 17.1 Å². The molecule has 9 nitrogen and oxygen atoms in total. The molecule has 3 aromatic carbocycles. The van der Waals surface area contributed by atoms with E-state index in [1.54, 1.807) is 18.2 Å². The Morgan fingerprint density at radius 1 is 0.917 bits per heavy atom. The maximum atomic E-state index is 13.6. The Bertz CT molecular complexity index is 1280. The van der Waals surface area contributed by atoms with E-state index in [1.807, 2.05) is 31.2 Å². The predicted octanol–water partition coefficient (Wildman–Crippen LogP) is 3.50. The van der Waals surface area contributed by atoms with E-state index in [9.17, 15) is 18.8 Å². The number of aryl methyl sites for hydroxylation is 1. The molecule has 0 unspecified atom stereocenters. The van der Waals surface area contributed by atoms with Gasteiger partial charge in [0.05, 0.1) is 19.0 Å². The van der Waals surface area contributed by atoms with Crippen LogP contribution in [0.25, 0.3) is 0 Å². The molecule has 3 amide bonds. The summed E-state index contributed by atoms with van der Waals surface area (Å²) in [6.07, 6.45) is 2.07. The van der Waals surface area contributed by atoms with Gasteiger partial charge in [0.25, 0.3) is 5.91 Å². The first-order chi connectivity index (χ1) is 17.4. The van der Waals surface area contributed by atoms with Crippen LogP contribution in [-0.4, -0.2) is 37.7 Å². The summed E-state index contributed by atoms with van der Waals surface area (Å²) < 4.78 is 24.5. The highest BCUT2D eigenvalue weighted by Crippen LogP contribution is 2.27. The number of nitrogens with zero attached hydrogens (tertiary/aromatic N) is 1. The van der Waals surface area contributed by atoms with Crippen molar-refractivity contribution in [2.45, 2.75) is 13.3 Å². The molecule has 0 radical (unpaired) electrons. The number of carbonyl (C=O) groups is 3. The predicted molar refractivity (Wildman–Crippen MR) is 134 cm³/mol. The molecule has 0 fully saturated rings. The van der Waals surface area contributed by atoms with Crippen molar-refractivity contribution in [1.29, 1.82) is 0 Å². The number of nitrogens with one attached hydrogen (secondary N) is 3. The summed E-state index contributed by atoms with van der Waals surface area (Å²) in [6, 6.07) is 17.8. The average Bonchev–Trinajstić information content (AvgIpc) is 2.89. The molecule has 3 N–H and O–H groups in total. The van der Waals surface area contributed by atoms with Gasteiger partial charge in [0.15, 0.2) is 18.1 Å². The van der Waals surface area contributed by atoms with Gasteiger partial charge in [-0.15, -0.1) is 0 Å². The van der Waals surface area contributed by atoms with Gasteiger partial charge in [-0.05, 0) is 53.9 Å². The van der Waals surface area contributed by atoms with Crippen LogP contribution in [0.3, 0.4) is 0 Å². The molecule has 36 heavy (non-hydrogen) atoms. The molecule has 0 aliphatic heterocycles. The van der Waals surface area contributed by atoms with Crippen molar-refractivity contribution in [2.24, 2.45) is 5.10 Å². The number of halogens is 1. The van der Waals surface area contributed by atoms with Crippen LogP contribution in [0.4, 0.5) is 15.8 Å². The van der Waals surface area contributed by atoms with Crippen molar-refractivity contribution in [3.05, 3.63) is 83.7 Å². The zero-order chi connectivity index (χ0) is 25.9. The second-order valence-electron chi connectivity index (χ2n) is 7.39. The standard InChI is InChI=1S/C26H25FN4O5/c1-3-18-8-4-6-10-20(18)29-24(32)16-36-22-13-12-17(14-23(22)35-2)15-28-31-26(34)25(33)30-21-11-7-5-9-19(21)27/h4-15H,3,16H2,1-2H3,(H,29,32)(H,30,33)(H,31,34)/b28-15-. The Hall–Kier alpha value is -4.73. The van der Waals surface area contributed by atoms with Crippen LogP contribution in [0.1, 0.15) is 18.1 Å². The molecule has 0 atom stereocenters. The number of rotatable bonds is 9. The summed E-state index contributed by atoms with van der Waals surface area (Å²) in [7, 11) is 1.44. The molecule has 3 rings (SSSR count). The van der Waals surface area contributed by atoms with E-state index in [1.165, 1.54) is 31.5 Å². The number of methoxy groups -OCH3 is 1. The molecule has 10 heteroatoms. The van der Waals surface area contributed by atoms with Crippen molar-refractivity contribution in [1.82, 2.24) is 5.43 Å². The Labute approximate surface area is 207 Å². The molecular weight excluding hydrogens is 467 g/mol. The fourth-order valence-corrected chi connectivity index (χ4v) is 3.12. The largest absolute Gasteiger partial charge is 0.493 e. The Morgan fingerprint density at radius 2 is 1.64 bits per heavy atom. The van der Waals surface area contributed by atoms with Gasteiger partial charge >= 0.3 is 11.8 Å². The van der Waals surface area contributed by atoms with Gasteiger partial charge in [0.1, 0.15) is 5.82 Å². The molecule has 0 spiro atoms. The highest BCUT2D eigenvalue weighted by atomic mass is 19.1. The molecule has 0 aliphatic rings. The molecule has 0 aromatic heterocycles. The van der Waals surface area contributed by atoms with Gasteiger partial charge < -0.3 is 20.1 Å². The third-order valence-corrected chi connectivity index (χ3v) is 4.93. The maximum absolute atomic E-state index is 13.6. The second kappa shape index (κ2) is 12.7. The minimum absolute atomic E-state index is 0.120. The van der Waals surface area contributed by atoms with Crippen LogP contribution in [0.15, 0.2) is 71.8 Å². The third kappa shape index (κ3) is 7.13. The van der Waals surface area contributed by atoms with E-state index in [2.05, 4.69) is 21.2 Å². The second-order valence-corrected chi connectivity index (χ2v) is 7.39. The van der Waals surface area contributed by atoms with Crippen LogP contribution in [0.5, 0.6) is 11.5 Å². The first-order valence-electron chi connectivity index (χ1n) is 11.0. The third-order valence-electron chi connectivity index (χ3n) is 4.93. The van der Waals surface area contributed by atoms with Crippen molar-refractivity contribution in [3.8, 4) is 11.5 Å². The number of ether oxygens (including phenoxy) is 2. The lowest BCUT2D eigenvalue weighted by atomic mass is 10.1. The summed E-state index contributed by atoms with van der Waals surface area (Å²) in [6.45, 7) is 1.78. The number of hydrazone groups is 1. The molecule has 3 aromatic rings. The van der Waals surface area contributed by atoms with Gasteiger partial charge in [-0.1, -0.05) is 37.3 Å². The maximum Gasteiger partial charge on any atom is 0.329 e. The summed E-state index contributed by atoms with van der Waals surface area (Å²) in [5.74, 6) is -2.46. The van der Waals surface area contributed by atoms with Crippen LogP contribution in [0, 0.1) is 5.82 Å². The summed E-state index contributed by atoms with van der Waals surface area (Å²) in [5.41, 5.74) is 4.22. The van der Waals surface area contributed by atoms with Gasteiger partial charge in [-0.2, -0.15) is 5.10 Å². The van der Waals surface area contributed by atoms with Gasteiger partial charge in [0, 0.05) is 5.69 Å². The zero-order valence-corrected chi connectivity index (χ0v) is 19.7. The van der Waals surface area contributed by atoms with Crippen LogP contribution in [-0.2, 0) is 20.8 Å². The Morgan fingerprint density at radius 3 is 2.36 bits per heavy atom. The summed E-state index contributed by atoms with van der Waals surface area (Å²) >= 11 is 0. The summed E-state index contributed by atoms with van der Waals surface area (Å²) in [4.78, 5) is 36.1. The number of benzene rings is 3. The lowest BCUT2D eigenvalue weighted by Crippen LogP contribution is -2.32. The lowest BCUT2D eigenvalue weighted by molar-refractivity contribution is -0.136. The van der Waals surface area contributed by atoms with Gasteiger partial charge in [0.2, 0.25) is 0 Å². The first kappa shape index (κ1) is 25.9. The topological polar surface area (TPSA) is 118 Å². The molecule has 0 heterocycles. The molecule has 0 bridgehead atoms. The molecule has 0 aliphatic carbocycles. The number of anilines is 2. The molecule has 0 saturated heterocycles. The fourth-order valence-electron chi connectivity index (χ4n) is 3.12. The monoisotopic (exact) mass is 492 g/mol. The van der Waals surface area contributed by atoms with Crippen molar-refractivity contribution in [3.63, 3.8) is 0 Å². The Kier molecular flexibility index (Phi) is 9.10. The number of amides is 3. The van der Waals surface area contributed by atoms with Crippen LogP contribution < -0.4 is 25.5 Å². The normalized spacial score (nSPS) is 10.5. The van der Waals surface area contributed by atoms with E-state index in [-0.39, 0.29) is 18.2 Å². The zero-order valence-electron chi connectivity index (χ0n) is 19.7. The quantitative estimate of drug-likeness (QED) is 0.240. The number of hydrogen-bond acceptors (Lipinski definition) is 6. The highest BCUT2D eigenvalue weighted by molar-refractivity contribution is 6.39. The van der Waals surface area contributed by atoms with Crippen molar-refractivity contribution in [2.75, 3.05) is 24.4 Å². The van der Waals surface area contributed by atoms with Crippen LogP contribution >= 0.6 is 0 Å². The minimum atomic E-state index is -1.07. The number of hydrogen-bond donors (Lipinski definition) is 3. The molecule has 0 saturated carbocycles. The molecular formula is C26H25FN4O5. The number of carbonyl (C=O) groups excluding carboxylic acids is 3. The SMILES string of the molecule is CCc1ccccc1NC(=O)COc1ccc(/C=N\NC(=O)C(=O)Nc2ccccc2F)cc1OC. The lowest BCUT2D eigenvalue weighted by Gasteiger charge is -2.13. The average molecular weight is 493 g/mol. The minimum Gasteiger partial charge on any atom is -0.493 e. The Balaban J connectivity index is 1.54. The van der Waals surface area contributed by atoms with E-state index in [0.717, 1.165) is 23.7 Å². The first-order valence-corrected chi connectivity index (χ1v) is 11.0. The van der Waals surface area contributed by atoms with Crippen LogP contribution in [0.2, 0.25) is 0 Å². The van der Waals surface area contributed by atoms with E-state index >= 15 is 0 Å². The van der Waals surface area contributed by atoms with Crippen molar-refractivity contribution >= 4 is 35.3 Å². The smallest absolute Gasteiger partial charge is 0.329 e. The number of para-hydroxylation sites is 2.